The van der Waals surface area contributed by atoms with Crippen molar-refractivity contribution in [3.05, 3.63) is 89.1 Å². The van der Waals surface area contributed by atoms with E-state index >= 15 is 0 Å². The lowest BCUT2D eigenvalue weighted by atomic mass is 9.94. The molecule has 1 N–H and O–H groups in total. The smallest absolute Gasteiger partial charge is 0.273 e. The van der Waals surface area contributed by atoms with Gasteiger partial charge in [0.05, 0.1) is 0 Å². The van der Waals surface area contributed by atoms with E-state index in [1.807, 2.05) is 35.2 Å². The van der Waals surface area contributed by atoms with Crippen LogP contribution in [0.1, 0.15) is 50.9 Å². The summed E-state index contributed by atoms with van der Waals surface area (Å²) in [6.45, 7) is 1.49. The van der Waals surface area contributed by atoms with Gasteiger partial charge in [-0.1, -0.05) is 35.5 Å². The zero-order valence-corrected chi connectivity index (χ0v) is 16.4. The normalized spacial score (nSPS) is 16.3. The van der Waals surface area contributed by atoms with Crippen molar-refractivity contribution in [2.45, 2.75) is 25.3 Å². The first-order chi connectivity index (χ1) is 14.6. The monoisotopic (exact) mass is 407 g/mol. The summed E-state index contributed by atoms with van der Waals surface area (Å²) in [4.78, 5) is 26.9. The first-order valence-corrected chi connectivity index (χ1v) is 9.94. The van der Waals surface area contributed by atoms with Crippen molar-refractivity contribution in [2.75, 3.05) is 13.1 Å². The Hall–Kier alpha value is -3.48. The van der Waals surface area contributed by atoms with Gasteiger partial charge in [0.1, 0.15) is 11.6 Å². The van der Waals surface area contributed by atoms with Gasteiger partial charge in [0.15, 0.2) is 5.69 Å². The molecule has 0 radical (unpaired) electrons. The van der Waals surface area contributed by atoms with Crippen molar-refractivity contribution in [3.8, 4) is 0 Å². The number of piperidine rings is 1. The second kappa shape index (κ2) is 8.90. The molecule has 1 unspecified atom stereocenters. The molecule has 30 heavy (non-hydrogen) atoms. The molecule has 0 bridgehead atoms. The molecule has 1 aliphatic rings. The summed E-state index contributed by atoms with van der Waals surface area (Å²) < 4.78 is 18.4. The Morgan fingerprint density at radius 1 is 1.13 bits per heavy atom. The molecule has 3 aromatic rings. The number of aromatic nitrogens is 1. The van der Waals surface area contributed by atoms with Crippen molar-refractivity contribution in [2.24, 2.45) is 0 Å². The summed E-state index contributed by atoms with van der Waals surface area (Å²) in [5.74, 6) is -0.0806. The number of carbonyl (C=O) groups excluding carboxylic acids is 2. The number of likely N-dealkylation sites (tertiary alicyclic amines) is 1. The Morgan fingerprint density at radius 3 is 2.67 bits per heavy atom. The van der Waals surface area contributed by atoms with E-state index in [2.05, 4.69) is 10.5 Å². The van der Waals surface area contributed by atoms with Crippen LogP contribution in [0.2, 0.25) is 0 Å². The Morgan fingerprint density at radius 2 is 1.90 bits per heavy atom. The second-order valence-corrected chi connectivity index (χ2v) is 7.38. The first kappa shape index (κ1) is 19.8. The summed E-state index contributed by atoms with van der Waals surface area (Å²) in [5, 5.41) is 6.65. The third kappa shape index (κ3) is 4.56. The predicted molar refractivity (Wildman–Crippen MR) is 108 cm³/mol. The highest BCUT2D eigenvalue weighted by Gasteiger charge is 2.28. The summed E-state index contributed by atoms with van der Waals surface area (Å²) in [7, 11) is 0. The van der Waals surface area contributed by atoms with Crippen molar-refractivity contribution in [1.29, 1.82) is 0 Å². The summed E-state index contributed by atoms with van der Waals surface area (Å²) >= 11 is 0. The molecule has 0 spiro atoms. The van der Waals surface area contributed by atoms with Crippen LogP contribution in [0.15, 0.2) is 65.2 Å². The predicted octanol–water partition coefficient (Wildman–Crippen LogP) is 3.76. The molecule has 1 saturated heterocycles. The average Bonchev–Trinajstić information content (AvgIpc) is 3.29. The molecule has 1 aliphatic heterocycles. The van der Waals surface area contributed by atoms with Crippen molar-refractivity contribution in [1.82, 2.24) is 15.4 Å². The average molecular weight is 407 g/mol. The quantitative estimate of drug-likeness (QED) is 0.699. The summed E-state index contributed by atoms with van der Waals surface area (Å²) in [5.41, 5.74) is 1.64. The fourth-order valence-corrected chi connectivity index (χ4v) is 3.62. The Kier molecular flexibility index (Phi) is 5.88. The Labute approximate surface area is 173 Å². The van der Waals surface area contributed by atoms with Gasteiger partial charge in [0.2, 0.25) is 0 Å². The van der Waals surface area contributed by atoms with Crippen LogP contribution in [-0.4, -0.2) is 35.0 Å². The summed E-state index contributed by atoms with van der Waals surface area (Å²) in [6, 6.07) is 16.8. The molecule has 0 saturated carbocycles. The van der Waals surface area contributed by atoms with Crippen LogP contribution in [0, 0.1) is 5.82 Å². The van der Waals surface area contributed by atoms with Crippen molar-refractivity contribution in [3.63, 3.8) is 0 Å². The number of nitrogens with one attached hydrogen (secondary N) is 1. The lowest BCUT2D eigenvalue weighted by Crippen LogP contribution is -2.39. The molecule has 1 aromatic heterocycles. The van der Waals surface area contributed by atoms with E-state index < -0.39 is 0 Å². The largest absolute Gasteiger partial charge is 0.360 e. The first-order valence-electron chi connectivity index (χ1n) is 9.94. The Bertz CT molecular complexity index is 1020. The van der Waals surface area contributed by atoms with Crippen LogP contribution in [0.4, 0.5) is 4.39 Å². The third-order valence-electron chi connectivity index (χ3n) is 5.26. The number of halogens is 1. The topological polar surface area (TPSA) is 75.4 Å². The number of hydrogen-bond acceptors (Lipinski definition) is 4. The molecule has 4 rings (SSSR count). The minimum atomic E-state index is -0.359. The Balaban J connectivity index is 1.37. The van der Waals surface area contributed by atoms with Gasteiger partial charge in [-0.15, -0.1) is 0 Å². The molecule has 1 fully saturated rings. The van der Waals surface area contributed by atoms with Gasteiger partial charge in [-0.2, -0.15) is 0 Å². The van der Waals surface area contributed by atoms with Crippen LogP contribution >= 0.6 is 0 Å². The number of carbonyl (C=O) groups is 2. The van der Waals surface area contributed by atoms with E-state index in [9.17, 15) is 14.0 Å². The van der Waals surface area contributed by atoms with Crippen LogP contribution in [0.3, 0.4) is 0 Å². The van der Waals surface area contributed by atoms with E-state index in [4.69, 9.17) is 4.52 Å². The van der Waals surface area contributed by atoms with Gasteiger partial charge >= 0.3 is 0 Å². The molecule has 2 heterocycles. The molecule has 154 valence electrons. The van der Waals surface area contributed by atoms with Crippen LogP contribution < -0.4 is 5.32 Å². The minimum absolute atomic E-state index is 0.00226. The SMILES string of the molecule is O=C(NCc1ccc(F)cc1)c1cc(C2CCCN(C(=O)c3ccccc3)C2)on1. The minimum Gasteiger partial charge on any atom is -0.360 e. The molecule has 0 aliphatic carbocycles. The number of amides is 2. The molecule has 7 heteroatoms. The van der Waals surface area contributed by atoms with Gasteiger partial charge in [0.25, 0.3) is 11.8 Å². The number of benzene rings is 2. The molecule has 1 atom stereocenters. The zero-order valence-electron chi connectivity index (χ0n) is 16.4. The van der Waals surface area contributed by atoms with Crippen molar-refractivity contribution < 1.29 is 18.5 Å². The second-order valence-electron chi connectivity index (χ2n) is 7.38. The molecule has 2 amide bonds. The fourth-order valence-electron chi connectivity index (χ4n) is 3.62. The van der Waals surface area contributed by atoms with E-state index in [-0.39, 0.29) is 35.8 Å². The van der Waals surface area contributed by atoms with Gasteiger partial charge in [-0.05, 0) is 42.7 Å². The molecular weight excluding hydrogens is 385 g/mol. The van der Waals surface area contributed by atoms with E-state index in [0.29, 0.717) is 24.4 Å². The third-order valence-corrected chi connectivity index (χ3v) is 5.26. The van der Waals surface area contributed by atoms with Crippen LogP contribution in [-0.2, 0) is 6.54 Å². The highest BCUT2D eigenvalue weighted by molar-refractivity contribution is 5.94. The highest BCUT2D eigenvalue weighted by atomic mass is 19.1. The number of hydrogen-bond donors (Lipinski definition) is 1. The number of nitrogens with zero attached hydrogens (tertiary/aromatic N) is 2. The van der Waals surface area contributed by atoms with E-state index in [1.54, 1.807) is 18.2 Å². The molecular formula is C23H22FN3O3. The molecule has 6 nitrogen and oxygen atoms in total. The fraction of sp³-hybridized carbons (Fsp3) is 0.261. The highest BCUT2D eigenvalue weighted by Crippen LogP contribution is 2.28. The van der Waals surface area contributed by atoms with E-state index in [1.165, 1.54) is 12.1 Å². The zero-order chi connectivity index (χ0) is 20.9. The summed E-state index contributed by atoms with van der Waals surface area (Å²) in [6.07, 6.45) is 1.72. The van der Waals surface area contributed by atoms with Gasteiger partial charge in [-0.3, -0.25) is 9.59 Å². The van der Waals surface area contributed by atoms with Crippen LogP contribution in [0.5, 0.6) is 0 Å². The lowest BCUT2D eigenvalue weighted by Gasteiger charge is -2.31. The number of rotatable bonds is 5. The standard InChI is InChI=1S/C23H22FN3O3/c24-19-10-8-16(9-11-19)14-25-22(28)20-13-21(30-26-20)18-7-4-12-27(15-18)23(29)17-5-2-1-3-6-17/h1-3,5-6,8-11,13,18H,4,7,12,14-15H2,(H,25,28). The maximum absolute atomic E-state index is 13.0. The van der Waals surface area contributed by atoms with Crippen LogP contribution in [0.25, 0.3) is 0 Å². The lowest BCUT2D eigenvalue weighted by molar-refractivity contribution is 0.0697. The van der Waals surface area contributed by atoms with Gasteiger partial charge < -0.3 is 14.7 Å². The van der Waals surface area contributed by atoms with Crippen molar-refractivity contribution >= 4 is 11.8 Å². The van der Waals surface area contributed by atoms with E-state index in [0.717, 1.165) is 18.4 Å². The maximum atomic E-state index is 13.0. The maximum Gasteiger partial charge on any atom is 0.273 e. The van der Waals surface area contributed by atoms with Gasteiger partial charge in [-0.25, -0.2) is 4.39 Å². The van der Waals surface area contributed by atoms with Gasteiger partial charge in [0, 0.05) is 37.2 Å². The molecule has 2 aromatic carbocycles.